The van der Waals surface area contributed by atoms with E-state index in [1.807, 2.05) is 30.3 Å². The fourth-order valence-corrected chi connectivity index (χ4v) is 5.33. The maximum absolute atomic E-state index is 13.8. The summed E-state index contributed by atoms with van der Waals surface area (Å²) in [5.41, 5.74) is 2.06. The molecule has 39 heavy (non-hydrogen) atoms. The molecule has 0 saturated heterocycles. The van der Waals surface area contributed by atoms with Crippen molar-refractivity contribution in [1.82, 2.24) is 4.57 Å². The average Bonchev–Trinajstić information content (AvgIpc) is 3.25. The van der Waals surface area contributed by atoms with Gasteiger partial charge in [-0.15, -0.1) is 0 Å². The van der Waals surface area contributed by atoms with E-state index in [-0.39, 0.29) is 12.2 Å². The number of unbranched alkanes of at least 4 members (excludes halogenated alkanes) is 1. The maximum Gasteiger partial charge on any atom is 0.338 e. The minimum Gasteiger partial charge on any atom is -0.494 e. The summed E-state index contributed by atoms with van der Waals surface area (Å²) in [6.07, 6.45) is 5.28. The Kier molecular flexibility index (Phi) is 9.03. The number of aromatic nitrogens is 1. The first-order valence-electron chi connectivity index (χ1n) is 12.7. The van der Waals surface area contributed by atoms with E-state index in [0.717, 1.165) is 29.7 Å². The Morgan fingerprint density at radius 3 is 2.54 bits per heavy atom. The highest BCUT2D eigenvalue weighted by molar-refractivity contribution is 7.07. The van der Waals surface area contributed by atoms with Gasteiger partial charge < -0.3 is 18.9 Å². The normalized spacial score (nSPS) is 14.9. The molecule has 0 bridgehead atoms. The van der Waals surface area contributed by atoms with Crippen molar-refractivity contribution in [2.45, 2.75) is 32.7 Å². The second kappa shape index (κ2) is 12.6. The summed E-state index contributed by atoms with van der Waals surface area (Å²) >= 11 is 1.26. The van der Waals surface area contributed by atoms with Crippen LogP contribution < -0.4 is 29.1 Å². The summed E-state index contributed by atoms with van der Waals surface area (Å²) in [4.78, 5) is 32.1. The van der Waals surface area contributed by atoms with Crippen molar-refractivity contribution < 1.29 is 23.7 Å². The summed E-state index contributed by atoms with van der Waals surface area (Å²) in [5, 5.41) is 0. The highest BCUT2D eigenvalue weighted by Gasteiger charge is 2.33. The molecule has 8 nitrogen and oxygen atoms in total. The van der Waals surface area contributed by atoms with E-state index in [9.17, 15) is 9.59 Å². The molecule has 0 N–H and O–H groups in total. The Labute approximate surface area is 231 Å². The van der Waals surface area contributed by atoms with Gasteiger partial charge in [-0.05, 0) is 54.8 Å². The third-order valence-electron chi connectivity index (χ3n) is 6.24. The lowest BCUT2D eigenvalue weighted by Crippen LogP contribution is -2.39. The molecule has 2 aromatic carbocycles. The molecule has 0 radical (unpaired) electrons. The van der Waals surface area contributed by atoms with E-state index < -0.39 is 12.0 Å². The fourth-order valence-electron chi connectivity index (χ4n) is 4.29. The third kappa shape index (κ3) is 5.98. The minimum atomic E-state index is -0.712. The molecule has 0 saturated carbocycles. The molecule has 1 aliphatic heterocycles. The number of carbonyl (C=O) groups is 1. The van der Waals surface area contributed by atoms with Crippen LogP contribution >= 0.6 is 11.3 Å². The first-order chi connectivity index (χ1) is 18.9. The molecule has 0 fully saturated rings. The van der Waals surface area contributed by atoms with Crippen LogP contribution in [-0.4, -0.2) is 38.0 Å². The molecule has 1 unspecified atom stereocenters. The minimum absolute atomic E-state index is 0.0518. The van der Waals surface area contributed by atoms with E-state index in [0.29, 0.717) is 38.7 Å². The topological polar surface area (TPSA) is 88.4 Å². The number of rotatable bonds is 11. The van der Waals surface area contributed by atoms with Crippen molar-refractivity contribution in [2.75, 3.05) is 27.4 Å². The third-order valence-corrected chi connectivity index (χ3v) is 7.22. The molecule has 0 aliphatic carbocycles. The Morgan fingerprint density at radius 1 is 1.13 bits per heavy atom. The molecule has 4 rings (SSSR count). The first kappa shape index (κ1) is 27.9. The predicted molar refractivity (Wildman–Crippen MR) is 151 cm³/mol. The Morgan fingerprint density at radius 2 is 1.87 bits per heavy atom. The standard InChI is InChI=1S/C30H32N2O6S/c1-6-8-16-37-22-12-10-21(11-13-22)27-26(29(34)38-15-7-2)19(3)31-30-32(27)28(33)25(39-30)18-20-9-14-23(35-4)24(17-20)36-5/h7,9-14,17-18,27H,2,6,8,15-16H2,1,3-5H3/b25-18-. The SMILES string of the molecule is C=CCOC(=O)C1=C(C)N=c2s/c(=C\c3ccc(OC)c(OC)c3)c(=O)n2C1c1ccc(OCCCC)cc1. The molecule has 9 heteroatoms. The number of methoxy groups -OCH3 is 2. The zero-order valence-corrected chi connectivity index (χ0v) is 23.4. The number of nitrogens with zero attached hydrogens (tertiary/aromatic N) is 2. The molecule has 204 valence electrons. The summed E-state index contributed by atoms with van der Waals surface area (Å²) in [5.74, 6) is 1.33. The monoisotopic (exact) mass is 548 g/mol. The quantitative estimate of drug-likeness (QED) is 0.203. The Balaban J connectivity index is 1.83. The van der Waals surface area contributed by atoms with Gasteiger partial charge >= 0.3 is 5.97 Å². The summed E-state index contributed by atoms with van der Waals surface area (Å²) < 4.78 is 24.0. The second-order valence-corrected chi connectivity index (χ2v) is 9.86. The van der Waals surface area contributed by atoms with Crippen LogP contribution in [-0.2, 0) is 9.53 Å². The predicted octanol–water partition coefficient (Wildman–Crippen LogP) is 4.16. The Bertz CT molecular complexity index is 1570. The van der Waals surface area contributed by atoms with E-state index in [1.165, 1.54) is 17.4 Å². The van der Waals surface area contributed by atoms with Gasteiger partial charge in [0.1, 0.15) is 12.4 Å². The van der Waals surface area contributed by atoms with Crippen LogP contribution in [0, 0.1) is 0 Å². The van der Waals surface area contributed by atoms with Gasteiger partial charge in [0.05, 0.1) is 42.7 Å². The van der Waals surface area contributed by atoms with Crippen molar-refractivity contribution in [3.8, 4) is 17.2 Å². The molecule has 2 heterocycles. The lowest BCUT2D eigenvalue weighted by molar-refractivity contribution is -0.138. The second-order valence-electron chi connectivity index (χ2n) is 8.85. The first-order valence-corrected chi connectivity index (χ1v) is 13.5. The van der Waals surface area contributed by atoms with Crippen molar-refractivity contribution in [1.29, 1.82) is 0 Å². The van der Waals surface area contributed by atoms with Crippen molar-refractivity contribution in [3.05, 3.63) is 97.2 Å². The zero-order chi connectivity index (χ0) is 27.9. The van der Waals surface area contributed by atoms with Gasteiger partial charge in [0.2, 0.25) is 0 Å². The van der Waals surface area contributed by atoms with Gasteiger partial charge in [0.25, 0.3) is 5.56 Å². The average molecular weight is 549 g/mol. The fraction of sp³-hybridized carbons (Fsp3) is 0.300. The largest absolute Gasteiger partial charge is 0.494 e. The summed E-state index contributed by atoms with van der Waals surface area (Å²) in [7, 11) is 3.13. The maximum atomic E-state index is 13.8. The van der Waals surface area contributed by atoms with Crippen LogP contribution in [0.2, 0.25) is 0 Å². The van der Waals surface area contributed by atoms with E-state index in [4.69, 9.17) is 18.9 Å². The zero-order valence-electron chi connectivity index (χ0n) is 22.6. The van der Waals surface area contributed by atoms with Crippen molar-refractivity contribution in [3.63, 3.8) is 0 Å². The molecule has 1 atom stereocenters. The van der Waals surface area contributed by atoms with Gasteiger partial charge in [-0.2, -0.15) is 0 Å². The van der Waals surface area contributed by atoms with Gasteiger partial charge in [0.15, 0.2) is 16.3 Å². The highest BCUT2D eigenvalue weighted by Crippen LogP contribution is 2.32. The molecule has 0 spiro atoms. The molecule has 3 aromatic rings. The molecular formula is C30H32N2O6S. The van der Waals surface area contributed by atoms with Crippen molar-refractivity contribution >= 4 is 23.4 Å². The van der Waals surface area contributed by atoms with Crippen LogP contribution in [0.5, 0.6) is 17.2 Å². The molecule has 1 aromatic heterocycles. The van der Waals surface area contributed by atoms with Gasteiger partial charge in [-0.1, -0.05) is 55.5 Å². The van der Waals surface area contributed by atoms with Crippen LogP contribution in [0.1, 0.15) is 43.9 Å². The molecule has 0 amide bonds. The van der Waals surface area contributed by atoms with Crippen molar-refractivity contribution in [2.24, 2.45) is 4.99 Å². The van der Waals surface area contributed by atoms with Crippen LogP contribution in [0.3, 0.4) is 0 Å². The van der Waals surface area contributed by atoms with E-state index >= 15 is 0 Å². The number of hydrogen-bond donors (Lipinski definition) is 0. The number of esters is 1. The van der Waals surface area contributed by atoms with Gasteiger partial charge in [-0.3, -0.25) is 9.36 Å². The number of carbonyl (C=O) groups excluding carboxylic acids is 1. The number of allylic oxidation sites excluding steroid dienone is 1. The number of ether oxygens (including phenoxy) is 4. The highest BCUT2D eigenvalue weighted by atomic mass is 32.1. The smallest absolute Gasteiger partial charge is 0.338 e. The molecular weight excluding hydrogens is 516 g/mol. The molecule has 1 aliphatic rings. The van der Waals surface area contributed by atoms with Crippen LogP contribution in [0.15, 0.2) is 76.2 Å². The van der Waals surface area contributed by atoms with Gasteiger partial charge in [-0.25, -0.2) is 9.79 Å². The van der Waals surface area contributed by atoms with E-state index in [2.05, 4.69) is 18.5 Å². The lowest BCUT2D eigenvalue weighted by Gasteiger charge is -2.24. The number of benzene rings is 2. The van der Waals surface area contributed by atoms with Crippen LogP contribution in [0.4, 0.5) is 0 Å². The number of hydrogen-bond acceptors (Lipinski definition) is 8. The van der Waals surface area contributed by atoms with E-state index in [1.54, 1.807) is 43.9 Å². The van der Waals surface area contributed by atoms with Crippen LogP contribution in [0.25, 0.3) is 6.08 Å². The lowest BCUT2D eigenvalue weighted by atomic mass is 9.96. The number of fused-ring (bicyclic) bond motifs is 1. The van der Waals surface area contributed by atoms with Gasteiger partial charge in [0, 0.05) is 0 Å². The summed E-state index contributed by atoms with van der Waals surface area (Å²) in [6, 6.07) is 12.2. The summed E-state index contributed by atoms with van der Waals surface area (Å²) in [6.45, 7) is 8.16. The Hall–Kier alpha value is -4.11. The number of thiazole rings is 1.